The number of benzene rings is 2. The first-order chi connectivity index (χ1) is 13.8. The Hall–Kier alpha value is -2.21. The molecule has 148 valence electrons. The Bertz CT molecular complexity index is 698. The minimum Gasteiger partial charge on any atom is -0.339 e. The number of carbonyl (C=O) groups is 1. The summed E-state index contributed by atoms with van der Waals surface area (Å²) in [6, 6.07) is 21.6. The lowest BCUT2D eigenvalue weighted by Crippen LogP contribution is -2.53. The van der Waals surface area contributed by atoms with Crippen LogP contribution in [0.5, 0.6) is 0 Å². The zero-order valence-electron chi connectivity index (χ0n) is 16.5. The van der Waals surface area contributed by atoms with Crippen molar-refractivity contribution in [3.8, 4) is 0 Å². The zero-order valence-corrected chi connectivity index (χ0v) is 16.5. The monoisotopic (exact) mass is 378 g/mol. The molecule has 2 aliphatic heterocycles. The second-order valence-electron chi connectivity index (χ2n) is 7.67. The molecule has 2 aromatic rings. The number of carbonyl (C=O) groups excluding carboxylic acids is 1. The summed E-state index contributed by atoms with van der Waals surface area (Å²) in [5.41, 5.74) is 2.63. The van der Waals surface area contributed by atoms with E-state index in [-0.39, 0.29) is 11.9 Å². The van der Waals surface area contributed by atoms with E-state index in [9.17, 15) is 4.79 Å². The second-order valence-corrected chi connectivity index (χ2v) is 7.67. The molecule has 5 heteroatoms. The van der Waals surface area contributed by atoms with Gasteiger partial charge in [-0.2, -0.15) is 0 Å². The van der Waals surface area contributed by atoms with E-state index in [1.54, 1.807) is 0 Å². The molecule has 2 aromatic carbocycles. The molecule has 28 heavy (non-hydrogen) atoms. The van der Waals surface area contributed by atoms with Crippen LogP contribution in [0.15, 0.2) is 60.7 Å². The molecule has 0 unspecified atom stereocenters. The number of nitrogens with zero attached hydrogens (tertiary/aromatic N) is 3. The van der Waals surface area contributed by atoms with Crippen molar-refractivity contribution in [2.24, 2.45) is 0 Å². The molecule has 0 aliphatic carbocycles. The van der Waals surface area contributed by atoms with E-state index in [1.165, 1.54) is 11.1 Å². The summed E-state index contributed by atoms with van der Waals surface area (Å²) in [6.07, 6.45) is 0. The highest BCUT2D eigenvalue weighted by atomic mass is 16.2. The van der Waals surface area contributed by atoms with Gasteiger partial charge < -0.3 is 10.2 Å². The third-order valence-corrected chi connectivity index (χ3v) is 5.83. The van der Waals surface area contributed by atoms with Crippen molar-refractivity contribution in [2.45, 2.75) is 6.04 Å². The predicted octanol–water partition coefficient (Wildman–Crippen LogP) is 1.83. The van der Waals surface area contributed by atoms with Gasteiger partial charge in [0.1, 0.15) is 0 Å². The van der Waals surface area contributed by atoms with E-state index in [4.69, 9.17) is 0 Å². The third-order valence-electron chi connectivity index (χ3n) is 5.83. The van der Waals surface area contributed by atoms with Crippen LogP contribution in [0.3, 0.4) is 0 Å². The van der Waals surface area contributed by atoms with Gasteiger partial charge in [-0.1, -0.05) is 60.7 Å². The van der Waals surface area contributed by atoms with E-state index in [0.717, 1.165) is 52.4 Å². The molecule has 0 aromatic heterocycles. The van der Waals surface area contributed by atoms with Gasteiger partial charge in [0.2, 0.25) is 5.91 Å². The SMILES string of the molecule is O=C(CN1CCNCC1)N1CCN(C(c2ccccc2)c2ccccc2)CC1. The average Bonchev–Trinajstić information content (AvgIpc) is 2.77. The highest BCUT2D eigenvalue weighted by molar-refractivity contribution is 5.78. The van der Waals surface area contributed by atoms with Crippen molar-refractivity contribution >= 4 is 5.91 Å². The molecule has 0 bridgehead atoms. The molecule has 5 nitrogen and oxygen atoms in total. The van der Waals surface area contributed by atoms with E-state index in [2.05, 4.69) is 75.8 Å². The summed E-state index contributed by atoms with van der Waals surface area (Å²) in [5, 5.41) is 3.34. The lowest BCUT2D eigenvalue weighted by molar-refractivity contribution is -0.134. The second kappa shape index (κ2) is 9.32. The van der Waals surface area contributed by atoms with Crippen molar-refractivity contribution in [3.63, 3.8) is 0 Å². The molecule has 2 aliphatic rings. The van der Waals surface area contributed by atoms with Gasteiger partial charge in [0, 0.05) is 52.4 Å². The van der Waals surface area contributed by atoms with Crippen LogP contribution in [0.1, 0.15) is 17.2 Å². The highest BCUT2D eigenvalue weighted by Crippen LogP contribution is 2.29. The summed E-state index contributed by atoms with van der Waals surface area (Å²) >= 11 is 0. The molecule has 0 saturated carbocycles. The first-order valence-electron chi connectivity index (χ1n) is 10.4. The van der Waals surface area contributed by atoms with E-state index < -0.39 is 0 Å². The highest BCUT2D eigenvalue weighted by Gasteiger charge is 2.28. The van der Waals surface area contributed by atoms with Crippen molar-refractivity contribution in [1.29, 1.82) is 0 Å². The molecule has 2 saturated heterocycles. The number of rotatable bonds is 5. The van der Waals surface area contributed by atoms with Crippen LogP contribution in [0.25, 0.3) is 0 Å². The molecule has 2 heterocycles. The summed E-state index contributed by atoms with van der Waals surface area (Å²) in [4.78, 5) is 19.6. The fourth-order valence-corrected chi connectivity index (χ4v) is 4.27. The van der Waals surface area contributed by atoms with Crippen molar-refractivity contribution in [1.82, 2.24) is 20.0 Å². The van der Waals surface area contributed by atoms with E-state index in [0.29, 0.717) is 6.54 Å². The number of amides is 1. The first kappa shape index (κ1) is 19.1. The van der Waals surface area contributed by atoms with Crippen LogP contribution in [-0.2, 0) is 4.79 Å². The first-order valence-corrected chi connectivity index (χ1v) is 10.4. The summed E-state index contributed by atoms with van der Waals surface area (Å²) in [6.45, 7) is 7.88. The molecule has 0 spiro atoms. The fraction of sp³-hybridized carbons (Fsp3) is 0.435. The van der Waals surface area contributed by atoms with Gasteiger partial charge in [-0.05, 0) is 11.1 Å². The Balaban J connectivity index is 1.41. The zero-order chi connectivity index (χ0) is 19.2. The molecule has 0 radical (unpaired) electrons. The standard InChI is InChI=1S/C23H30N4O/c28-22(19-25-13-11-24-12-14-25)26-15-17-27(18-16-26)23(20-7-3-1-4-8-20)21-9-5-2-6-10-21/h1-10,23-24H,11-19H2. The quantitative estimate of drug-likeness (QED) is 0.862. The van der Waals surface area contributed by atoms with Crippen LogP contribution in [0.2, 0.25) is 0 Å². The Kier molecular flexibility index (Phi) is 6.37. The van der Waals surface area contributed by atoms with Crippen LogP contribution >= 0.6 is 0 Å². The van der Waals surface area contributed by atoms with E-state index >= 15 is 0 Å². The summed E-state index contributed by atoms with van der Waals surface area (Å²) < 4.78 is 0. The Morgan fingerprint density at radius 3 is 1.86 bits per heavy atom. The summed E-state index contributed by atoms with van der Waals surface area (Å²) in [5.74, 6) is 0.275. The molecule has 2 fully saturated rings. The number of nitrogens with one attached hydrogen (secondary N) is 1. The summed E-state index contributed by atoms with van der Waals surface area (Å²) in [7, 11) is 0. The maximum atomic E-state index is 12.7. The molecular formula is C23H30N4O. The van der Waals surface area contributed by atoms with Crippen LogP contribution in [-0.4, -0.2) is 79.5 Å². The van der Waals surface area contributed by atoms with Gasteiger partial charge >= 0.3 is 0 Å². The van der Waals surface area contributed by atoms with Gasteiger partial charge in [-0.3, -0.25) is 14.6 Å². The molecule has 4 rings (SSSR count). The van der Waals surface area contributed by atoms with Gasteiger partial charge in [0.25, 0.3) is 0 Å². The minimum atomic E-state index is 0.243. The Labute approximate surface area is 167 Å². The Morgan fingerprint density at radius 1 is 0.786 bits per heavy atom. The maximum absolute atomic E-state index is 12.7. The smallest absolute Gasteiger partial charge is 0.236 e. The molecule has 1 amide bonds. The fourth-order valence-electron chi connectivity index (χ4n) is 4.27. The number of hydrogen-bond donors (Lipinski definition) is 1. The predicted molar refractivity (Wildman–Crippen MR) is 112 cm³/mol. The number of piperazine rings is 2. The number of hydrogen-bond acceptors (Lipinski definition) is 4. The minimum absolute atomic E-state index is 0.243. The van der Waals surface area contributed by atoms with E-state index in [1.807, 2.05) is 4.90 Å². The van der Waals surface area contributed by atoms with Crippen molar-refractivity contribution in [3.05, 3.63) is 71.8 Å². The average molecular weight is 379 g/mol. The maximum Gasteiger partial charge on any atom is 0.236 e. The molecular weight excluding hydrogens is 348 g/mol. The lowest BCUT2D eigenvalue weighted by Gasteiger charge is -2.40. The largest absolute Gasteiger partial charge is 0.339 e. The van der Waals surface area contributed by atoms with Gasteiger partial charge in [0.15, 0.2) is 0 Å². The van der Waals surface area contributed by atoms with Crippen LogP contribution in [0.4, 0.5) is 0 Å². The van der Waals surface area contributed by atoms with Gasteiger partial charge in [-0.25, -0.2) is 0 Å². The Morgan fingerprint density at radius 2 is 1.32 bits per heavy atom. The van der Waals surface area contributed by atoms with Gasteiger partial charge in [-0.15, -0.1) is 0 Å². The third kappa shape index (κ3) is 4.61. The van der Waals surface area contributed by atoms with Crippen LogP contribution in [0, 0.1) is 0 Å². The van der Waals surface area contributed by atoms with Crippen molar-refractivity contribution < 1.29 is 4.79 Å². The molecule has 1 N–H and O–H groups in total. The van der Waals surface area contributed by atoms with Crippen molar-refractivity contribution in [2.75, 3.05) is 58.9 Å². The molecule has 0 atom stereocenters. The normalized spacial score (nSPS) is 19.1. The lowest BCUT2D eigenvalue weighted by atomic mass is 9.96. The van der Waals surface area contributed by atoms with Gasteiger partial charge in [0.05, 0.1) is 12.6 Å². The topological polar surface area (TPSA) is 38.8 Å². The van der Waals surface area contributed by atoms with Crippen LogP contribution < -0.4 is 5.32 Å².